The van der Waals surface area contributed by atoms with Crippen LogP contribution in [0.25, 0.3) is 11.7 Å². The van der Waals surface area contributed by atoms with Crippen molar-refractivity contribution in [2.45, 2.75) is 43.3 Å². The highest BCUT2D eigenvalue weighted by atomic mass is 19.1. The number of benzene rings is 1. The first kappa shape index (κ1) is 26.0. The van der Waals surface area contributed by atoms with E-state index in [0.29, 0.717) is 23.3 Å². The van der Waals surface area contributed by atoms with Crippen molar-refractivity contribution in [1.82, 2.24) is 24.5 Å². The van der Waals surface area contributed by atoms with Gasteiger partial charge in [-0.1, -0.05) is 6.07 Å². The number of alkyl halides is 1. The van der Waals surface area contributed by atoms with Crippen molar-refractivity contribution < 1.29 is 17.9 Å². The number of hydrogen-bond donors (Lipinski definition) is 0. The highest BCUT2D eigenvalue weighted by Crippen LogP contribution is 2.38. The van der Waals surface area contributed by atoms with Gasteiger partial charge >= 0.3 is 0 Å². The number of imidazole rings is 1. The summed E-state index contributed by atoms with van der Waals surface area (Å²) in [7, 11) is 0. The largest absolute Gasteiger partial charge is 0.380 e. The first-order valence-electron chi connectivity index (χ1n) is 14.2. The van der Waals surface area contributed by atoms with Crippen LogP contribution in [0.15, 0.2) is 61.1 Å². The zero-order valence-electron chi connectivity index (χ0n) is 22.5. The van der Waals surface area contributed by atoms with Gasteiger partial charge in [0.15, 0.2) is 5.65 Å². The Morgan fingerprint density at radius 1 is 0.927 bits per heavy atom. The fraction of sp³-hybridized carbons (Fsp3) is 0.387. The van der Waals surface area contributed by atoms with Crippen molar-refractivity contribution in [3.05, 3.63) is 95.2 Å². The second-order valence-electron chi connectivity index (χ2n) is 11.2. The summed E-state index contributed by atoms with van der Waals surface area (Å²) in [4.78, 5) is 13.1. The van der Waals surface area contributed by atoms with Gasteiger partial charge in [-0.3, -0.25) is 4.98 Å². The Balaban J connectivity index is 1.05. The molecule has 41 heavy (non-hydrogen) atoms. The molecule has 0 N–H and O–H groups in total. The zero-order valence-corrected chi connectivity index (χ0v) is 22.5. The van der Waals surface area contributed by atoms with Crippen LogP contribution < -0.4 is 4.90 Å². The molecule has 3 fully saturated rings. The number of pyridine rings is 1. The molecule has 0 spiro atoms. The van der Waals surface area contributed by atoms with Gasteiger partial charge in [0.1, 0.15) is 23.6 Å². The Kier molecular flexibility index (Phi) is 6.86. The topological polar surface area (TPSA) is 58.8 Å². The van der Waals surface area contributed by atoms with Crippen molar-refractivity contribution in [2.24, 2.45) is 0 Å². The summed E-state index contributed by atoms with van der Waals surface area (Å²) in [6.07, 6.45) is 8.84. The fourth-order valence-corrected chi connectivity index (χ4v) is 6.12. The third kappa shape index (κ3) is 5.16. The number of rotatable bonds is 6. The van der Waals surface area contributed by atoms with Crippen molar-refractivity contribution in [3.8, 4) is 0 Å². The summed E-state index contributed by atoms with van der Waals surface area (Å²) in [5, 5.41) is 4.74. The van der Waals surface area contributed by atoms with Crippen LogP contribution in [0.5, 0.6) is 0 Å². The van der Waals surface area contributed by atoms with Crippen molar-refractivity contribution in [1.29, 1.82) is 0 Å². The normalized spacial score (nSPS) is 22.2. The van der Waals surface area contributed by atoms with E-state index in [2.05, 4.69) is 33.2 Å². The number of anilines is 1. The molecule has 3 aromatic heterocycles. The minimum absolute atomic E-state index is 0.0567. The summed E-state index contributed by atoms with van der Waals surface area (Å²) < 4.78 is 50.1. The number of piperidine rings is 1. The molecular weight excluding hydrogens is 529 g/mol. The molecule has 3 aliphatic heterocycles. The third-order valence-electron chi connectivity index (χ3n) is 8.56. The van der Waals surface area contributed by atoms with E-state index in [1.165, 1.54) is 5.56 Å². The highest BCUT2D eigenvalue weighted by Gasteiger charge is 2.36. The molecule has 0 aliphatic carbocycles. The van der Waals surface area contributed by atoms with E-state index in [9.17, 15) is 13.2 Å². The van der Waals surface area contributed by atoms with Crippen LogP contribution in [0.4, 0.5) is 19.0 Å². The first-order valence-corrected chi connectivity index (χ1v) is 14.2. The lowest BCUT2D eigenvalue weighted by Crippen LogP contribution is -2.29. The third-order valence-corrected chi connectivity index (χ3v) is 8.56. The molecule has 4 aromatic rings. The smallest absolute Gasteiger partial charge is 0.154 e. The van der Waals surface area contributed by atoms with Crippen molar-refractivity contribution in [2.75, 3.05) is 37.7 Å². The summed E-state index contributed by atoms with van der Waals surface area (Å²) in [5.41, 5.74) is 4.00. The maximum absolute atomic E-state index is 14.6. The average Bonchev–Trinajstić information content (AvgIpc) is 3.55. The Hall–Kier alpha value is -3.92. The van der Waals surface area contributed by atoms with Gasteiger partial charge < -0.3 is 14.5 Å². The first-order chi connectivity index (χ1) is 20.0. The molecule has 2 atom stereocenters. The number of nitrogens with zero attached hydrogens (tertiary/aromatic N) is 6. The molecule has 6 heterocycles. The van der Waals surface area contributed by atoms with Gasteiger partial charge in [-0.15, -0.1) is 5.10 Å². The van der Waals surface area contributed by atoms with Crippen molar-refractivity contribution >= 4 is 17.5 Å². The van der Waals surface area contributed by atoms with E-state index in [1.54, 1.807) is 21.7 Å². The van der Waals surface area contributed by atoms with Crippen LogP contribution in [0.3, 0.4) is 0 Å². The molecule has 0 radical (unpaired) electrons. The molecule has 0 unspecified atom stereocenters. The number of aromatic nitrogens is 4. The number of hydrogen-bond acceptors (Lipinski definition) is 6. The summed E-state index contributed by atoms with van der Waals surface area (Å²) in [5.74, 6) is 0.324. The molecule has 0 bridgehead atoms. The number of halogens is 3. The quantitative estimate of drug-likeness (QED) is 0.304. The molecule has 212 valence electrons. The lowest BCUT2D eigenvalue weighted by Gasteiger charge is -2.31. The van der Waals surface area contributed by atoms with Crippen LogP contribution in [0, 0.1) is 11.6 Å². The summed E-state index contributed by atoms with van der Waals surface area (Å²) in [6.45, 7) is 3.46. The van der Waals surface area contributed by atoms with Crippen LogP contribution in [0.2, 0.25) is 0 Å². The Bertz CT molecular complexity index is 1560. The van der Waals surface area contributed by atoms with E-state index in [1.807, 2.05) is 18.3 Å². The molecule has 10 heteroatoms. The summed E-state index contributed by atoms with van der Waals surface area (Å²) in [6, 6.07) is 10.6. The van der Waals surface area contributed by atoms with E-state index in [0.717, 1.165) is 68.7 Å². The molecule has 7 rings (SSSR count). The molecule has 3 aliphatic rings. The van der Waals surface area contributed by atoms with Crippen LogP contribution in [0.1, 0.15) is 59.7 Å². The van der Waals surface area contributed by atoms with Gasteiger partial charge in [-0.25, -0.2) is 22.7 Å². The lowest BCUT2D eigenvalue weighted by atomic mass is 9.90. The van der Waals surface area contributed by atoms with E-state index < -0.39 is 23.8 Å². The highest BCUT2D eigenvalue weighted by molar-refractivity contribution is 5.55. The van der Waals surface area contributed by atoms with Crippen LogP contribution in [-0.2, 0) is 4.74 Å². The zero-order chi connectivity index (χ0) is 27.9. The van der Waals surface area contributed by atoms with E-state index in [4.69, 9.17) is 9.84 Å². The second kappa shape index (κ2) is 10.8. The van der Waals surface area contributed by atoms with Gasteiger partial charge in [0, 0.05) is 49.1 Å². The monoisotopic (exact) mass is 560 g/mol. The Labute approximate surface area is 236 Å². The minimum Gasteiger partial charge on any atom is -0.380 e. The molecule has 0 saturated carbocycles. The standard InChI is InChI=1S/C31H31F3N6O/c32-23-2-3-27(34)26(13-23)29-14-24(33)17-39(29)31-6-5-30-36-16-25(40(30)37-31)9-12-38-10-7-20(8-11-38)21-1-4-28(35-15-21)22-18-41-19-22/h1-6,9,12-13,15-16,20,22,24,29H,7-8,10-11,14,17-19H2/b12-9+/t24-,29+/m0/s1. The molecule has 3 saturated heterocycles. The molecule has 7 nitrogen and oxygen atoms in total. The van der Waals surface area contributed by atoms with Gasteiger partial charge in [0.05, 0.1) is 37.7 Å². The van der Waals surface area contributed by atoms with Crippen molar-refractivity contribution in [3.63, 3.8) is 0 Å². The number of ether oxygens (including phenoxy) is 1. The van der Waals surface area contributed by atoms with Gasteiger partial charge in [0.25, 0.3) is 0 Å². The maximum Gasteiger partial charge on any atom is 0.154 e. The van der Waals surface area contributed by atoms with Gasteiger partial charge in [0.2, 0.25) is 0 Å². The van der Waals surface area contributed by atoms with Crippen LogP contribution >= 0.6 is 0 Å². The van der Waals surface area contributed by atoms with E-state index in [-0.39, 0.29) is 18.5 Å². The molecule has 1 aromatic carbocycles. The van der Waals surface area contributed by atoms with E-state index >= 15 is 0 Å². The fourth-order valence-electron chi connectivity index (χ4n) is 6.12. The van der Waals surface area contributed by atoms with Gasteiger partial charge in [-0.05, 0) is 66.8 Å². The Morgan fingerprint density at radius 3 is 2.54 bits per heavy atom. The predicted molar refractivity (Wildman–Crippen MR) is 149 cm³/mol. The second-order valence-corrected chi connectivity index (χ2v) is 11.2. The SMILES string of the molecule is Fc1ccc(F)c([C@H]2C[C@H](F)CN2c2ccc3ncc(/C=C/N4CCC(c5ccc(C6COC6)nc5)CC4)n3n2)c1. The van der Waals surface area contributed by atoms with Crippen LogP contribution in [-0.4, -0.2) is 63.5 Å². The average molecular weight is 561 g/mol. The number of likely N-dealkylation sites (tertiary alicyclic amines) is 1. The minimum atomic E-state index is -1.17. The van der Waals surface area contributed by atoms with Gasteiger partial charge in [-0.2, -0.15) is 0 Å². The summed E-state index contributed by atoms with van der Waals surface area (Å²) >= 11 is 0. The predicted octanol–water partition coefficient (Wildman–Crippen LogP) is 5.66. The molecule has 0 amide bonds. The lowest BCUT2D eigenvalue weighted by molar-refractivity contribution is 0.00670. The maximum atomic E-state index is 14.6. The molecular formula is C31H31F3N6O. The Morgan fingerprint density at radius 2 is 1.78 bits per heavy atom. The number of fused-ring (bicyclic) bond motifs is 1.